The number of carbonyl (C=O) groups excluding carboxylic acids is 1. The lowest BCUT2D eigenvalue weighted by Crippen LogP contribution is -2.30. The fraction of sp³-hybridized carbons (Fsp3) is 0.529. The summed E-state index contributed by atoms with van der Waals surface area (Å²) in [7, 11) is -3.93. The maximum absolute atomic E-state index is 12.6. The van der Waals surface area contributed by atoms with E-state index in [1.807, 2.05) is 4.72 Å². The minimum atomic E-state index is -3.93. The number of amides is 1. The van der Waals surface area contributed by atoms with Gasteiger partial charge in [-0.2, -0.15) is 4.72 Å². The van der Waals surface area contributed by atoms with Gasteiger partial charge in [-0.25, -0.2) is 8.42 Å². The van der Waals surface area contributed by atoms with Crippen molar-refractivity contribution in [3.05, 3.63) is 24.3 Å². The number of nitrogens with one attached hydrogen (secondary N) is 2. The van der Waals surface area contributed by atoms with E-state index in [1.165, 1.54) is 24.6 Å². The van der Waals surface area contributed by atoms with Crippen LogP contribution < -0.4 is 10.0 Å². The summed E-state index contributed by atoms with van der Waals surface area (Å²) >= 11 is 0. The predicted octanol–water partition coefficient (Wildman–Crippen LogP) is 1.28. The van der Waals surface area contributed by atoms with Crippen LogP contribution in [-0.4, -0.2) is 31.9 Å². The average molecular weight is 364 g/mol. The van der Waals surface area contributed by atoms with E-state index < -0.39 is 22.5 Å². The van der Waals surface area contributed by atoms with Crippen molar-refractivity contribution in [3.63, 3.8) is 0 Å². The lowest BCUT2D eigenvalue weighted by atomic mass is 9.88. The highest BCUT2D eigenvalue weighted by Crippen LogP contribution is 2.67. The van der Waals surface area contributed by atoms with E-state index in [1.54, 1.807) is 6.07 Å². The van der Waals surface area contributed by atoms with Crippen LogP contribution in [0.3, 0.4) is 0 Å². The Hall–Kier alpha value is -1.93. The molecule has 0 aromatic heterocycles. The molecular weight excluding hydrogens is 344 g/mol. The van der Waals surface area contributed by atoms with Gasteiger partial charge in [0, 0.05) is 11.6 Å². The minimum absolute atomic E-state index is 0.0270. The predicted molar refractivity (Wildman–Crippen MR) is 89.2 cm³/mol. The Balaban J connectivity index is 1.45. The lowest BCUT2D eigenvalue weighted by Gasteiger charge is -2.20. The van der Waals surface area contributed by atoms with E-state index in [0.717, 1.165) is 24.7 Å². The first-order chi connectivity index (χ1) is 11.8. The van der Waals surface area contributed by atoms with Crippen molar-refractivity contribution >= 4 is 27.6 Å². The molecule has 0 radical (unpaired) electrons. The third-order valence-corrected chi connectivity index (χ3v) is 7.26. The molecule has 3 aliphatic carbocycles. The molecule has 7 nitrogen and oxygen atoms in total. The van der Waals surface area contributed by atoms with Gasteiger partial charge in [0.1, 0.15) is 6.54 Å². The van der Waals surface area contributed by atoms with Gasteiger partial charge in [-0.15, -0.1) is 0 Å². The second-order valence-corrected chi connectivity index (χ2v) is 9.07. The fourth-order valence-electron chi connectivity index (χ4n) is 4.72. The summed E-state index contributed by atoms with van der Waals surface area (Å²) < 4.78 is 26.2. The van der Waals surface area contributed by atoms with Gasteiger partial charge < -0.3 is 10.4 Å². The number of carbonyl (C=O) groups is 2. The van der Waals surface area contributed by atoms with Crippen LogP contribution in [0.5, 0.6) is 0 Å². The zero-order chi connectivity index (χ0) is 17.8. The monoisotopic (exact) mass is 364 g/mol. The van der Waals surface area contributed by atoms with Crippen LogP contribution in [0.4, 0.5) is 5.69 Å². The molecule has 0 spiro atoms. The van der Waals surface area contributed by atoms with Crippen molar-refractivity contribution in [1.82, 2.24) is 4.72 Å². The second kappa shape index (κ2) is 5.81. The number of carboxylic acids is 1. The molecule has 4 rings (SSSR count). The van der Waals surface area contributed by atoms with Gasteiger partial charge in [0.05, 0.1) is 4.90 Å². The average Bonchev–Trinajstić information content (AvgIpc) is 3.17. The Labute approximate surface area is 145 Å². The summed E-state index contributed by atoms with van der Waals surface area (Å²) in [6, 6.07) is 5.89. The first-order valence-corrected chi connectivity index (χ1v) is 9.96. The van der Waals surface area contributed by atoms with Crippen molar-refractivity contribution < 1.29 is 23.1 Å². The SMILES string of the molecule is O=C(O)CNS(=O)(=O)c1cccc(NC(=O)C2CC3CC2C2CC32)c1. The van der Waals surface area contributed by atoms with Crippen LogP contribution >= 0.6 is 0 Å². The molecule has 2 bridgehead atoms. The maximum atomic E-state index is 12.6. The number of hydrogen-bond donors (Lipinski definition) is 3. The Morgan fingerprint density at radius 3 is 2.60 bits per heavy atom. The quantitative estimate of drug-likeness (QED) is 0.704. The molecule has 3 N–H and O–H groups in total. The van der Waals surface area contributed by atoms with Crippen LogP contribution in [0.1, 0.15) is 19.3 Å². The topological polar surface area (TPSA) is 113 Å². The molecule has 1 aromatic rings. The summed E-state index contributed by atoms with van der Waals surface area (Å²) in [5.74, 6) is 1.48. The Morgan fingerprint density at radius 1 is 1.12 bits per heavy atom. The van der Waals surface area contributed by atoms with Gasteiger partial charge in [-0.3, -0.25) is 9.59 Å². The summed E-state index contributed by atoms with van der Waals surface area (Å²) in [5.41, 5.74) is 0.415. The third-order valence-electron chi connectivity index (χ3n) is 5.86. The molecule has 1 aromatic carbocycles. The Bertz CT molecular complexity index is 837. The summed E-state index contributed by atoms with van der Waals surface area (Å²) in [6.45, 7) is -0.688. The van der Waals surface area contributed by atoms with Crippen molar-refractivity contribution in [2.75, 3.05) is 11.9 Å². The van der Waals surface area contributed by atoms with Crippen molar-refractivity contribution in [3.8, 4) is 0 Å². The fourth-order valence-corrected chi connectivity index (χ4v) is 5.74. The van der Waals surface area contributed by atoms with Gasteiger partial charge in [0.2, 0.25) is 15.9 Å². The number of benzene rings is 1. The molecule has 25 heavy (non-hydrogen) atoms. The standard InChI is InChI=1S/C17H20N2O5S/c20-16(21)8-18-25(23,24)11-3-1-2-10(6-11)19-17(22)15-5-9-4-13(15)14-7-12(9)14/h1-3,6,9,12-15,18H,4-5,7-8H2,(H,19,22)(H,20,21). The van der Waals surface area contributed by atoms with Crippen LogP contribution in [0.2, 0.25) is 0 Å². The summed E-state index contributed by atoms with van der Waals surface area (Å²) in [4.78, 5) is 23.1. The zero-order valence-corrected chi connectivity index (χ0v) is 14.3. The van der Waals surface area contributed by atoms with Crippen molar-refractivity contribution in [2.45, 2.75) is 24.2 Å². The normalized spacial score (nSPS) is 32.2. The Morgan fingerprint density at radius 2 is 1.92 bits per heavy atom. The van der Waals surface area contributed by atoms with E-state index in [-0.39, 0.29) is 16.7 Å². The first-order valence-electron chi connectivity index (χ1n) is 8.47. The molecule has 8 heteroatoms. The molecular formula is C17H20N2O5S. The Kier molecular flexibility index (Phi) is 3.84. The minimum Gasteiger partial charge on any atom is -0.480 e. The molecule has 3 fully saturated rings. The third kappa shape index (κ3) is 3.04. The number of aliphatic carboxylic acids is 1. The van der Waals surface area contributed by atoms with Crippen LogP contribution in [0, 0.1) is 29.6 Å². The number of hydrogen-bond acceptors (Lipinski definition) is 4. The van der Waals surface area contributed by atoms with E-state index in [0.29, 0.717) is 17.5 Å². The molecule has 5 unspecified atom stereocenters. The molecule has 5 atom stereocenters. The number of rotatable bonds is 6. The zero-order valence-electron chi connectivity index (χ0n) is 13.5. The van der Waals surface area contributed by atoms with E-state index in [9.17, 15) is 18.0 Å². The molecule has 134 valence electrons. The molecule has 3 saturated carbocycles. The van der Waals surface area contributed by atoms with Crippen molar-refractivity contribution in [2.24, 2.45) is 29.6 Å². The second-order valence-electron chi connectivity index (χ2n) is 7.30. The smallest absolute Gasteiger partial charge is 0.318 e. The van der Waals surface area contributed by atoms with Gasteiger partial charge >= 0.3 is 5.97 Å². The first kappa shape index (κ1) is 16.5. The molecule has 0 aliphatic heterocycles. The largest absolute Gasteiger partial charge is 0.480 e. The summed E-state index contributed by atoms with van der Waals surface area (Å²) in [5, 5.41) is 11.4. The maximum Gasteiger partial charge on any atom is 0.318 e. The number of carboxylic acid groups (broad SMARTS) is 1. The van der Waals surface area contributed by atoms with E-state index in [2.05, 4.69) is 5.32 Å². The highest BCUT2D eigenvalue weighted by Gasteiger charge is 2.62. The van der Waals surface area contributed by atoms with Crippen LogP contribution in [-0.2, 0) is 19.6 Å². The van der Waals surface area contributed by atoms with Gasteiger partial charge in [0.15, 0.2) is 0 Å². The lowest BCUT2D eigenvalue weighted by molar-refractivity contribution is -0.135. The highest BCUT2D eigenvalue weighted by molar-refractivity contribution is 7.89. The molecule has 0 heterocycles. The van der Waals surface area contributed by atoms with Gasteiger partial charge in [0.25, 0.3) is 0 Å². The number of fused-ring (bicyclic) bond motifs is 5. The van der Waals surface area contributed by atoms with E-state index in [4.69, 9.17) is 5.11 Å². The van der Waals surface area contributed by atoms with E-state index >= 15 is 0 Å². The van der Waals surface area contributed by atoms with Crippen LogP contribution in [0.25, 0.3) is 0 Å². The van der Waals surface area contributed by atoms with Gasteiger partial charge in [-0.05, 0) is 61.1 Å². The molecule has 1 amide bonds. The number of anilines is 1. The number of sulfonamides is 1. The molecule has 3 aliphatic rings. The van der Waals surface area contributed by atoms with Crippen LogP contribution in [0.15, 0.2) is 29.2 Å². The van der Waals surface area contributed by atoms with Gasteiger partial charge in [-0.1, -0.05) is 6.07 Å². The molecule has 0 saturated heterocycles. The summed E-state index contributed by atoms with van der Waals surface area (Å²) in [6.07, 6.45) is 3.36. The van der Waals surface area contributed by atoms with Crippen molar-refractivity contribution in [1.29, 1.82) is 0 Å². The highest BCUT2D eigenvalue weighted by atomic mass is 32.2.